The van der Waals surface area contributed by atoms with Gasteiger partial charge >= 0.3 is 0 Å². The predicted octanol–water partition coefficient (Wildman–Crippen LogP) is 3.85. The summed E-state index contributed by atoms with van der Waals surface area (Å²) in [6.45, 7) is 6.06. The molecule has 2 amide bonds. The minimum absolute atomic E-state index is 0.0147. The first-order valence-corrected chi connectivity index (χ1v) is 9.14. The van der Waals surface area contributed by atoms with Gasteiger partial charge in [-0.1, -0.05) is 32.9 Å². The SMILES string of the molecule is CC(C)(C)SCC(=O)NNC(=O)c1ccc(-c2ccc(F)cc2)s1. The van der Waals surface area contributed by atoms with Crippen molar-refractivity contribution < 1.29 is 14.0 Å². The highest BCUT2D eigenvalue weighted by Gasteiger charge is 2.15. The zero-order valence-electron chi connectivity index (χ0n) is 13.7. The number of amides is 2. The molecule has 2 N–H and O–H groups in total. The fourth-order valence-corrected chi connectivity index (χ4v) is 3.28. The van der Waals surface area contributed by atoms with E-state index in [0.717, 1.165) is 10.4 Å². The van der Waals surface area contributed by atoms with Gasteiger partial charge < -0.3 is 0 Å². The average molecular weight is 366 g/mol. The molecule has 0 aliphatic rings. The van der Waals surface area contributed by atoms with E-state index in [0.29, 0.717) is 4.88 Å². The Morgan fingerprint density at radius 2 is 1.75 bits per heavy atom. The molecule has 24 heavy (non-hydrogen) atoms. The fourth-order valence-electron chi connectivity index (χ4n) is 1.74. The topological polar surface area (TPSA) is 58.2 Å². The second-order valence-electron chi connectivity index (χ2n) is 6.07. The summed E-state index contributed by atoms with van der Waals surface area (Å²) in [6, 6.07) is 9.55. The summed E-state index contributed by atoms with van der Waals surface area (Å²) in [6.07, 6.45) is 0. The van der Waals surface area contributed by atoms with Gasteiger partial charge in [0.1, 0.15) is 5.82 Å². The number of nitrogens with one attached hydrogen (secondary N) is 2. The van der Waals surface area contributed by atoms with E-state index in [1.165, 1.54) is 35.2 Å². The Morgan fingerprint density at radius 3 is 2.38 bits per heavy atom. The van der Waals surface area contributed by atoms with Crippen molar-refractivity contribution in [3.8, 4) is 10.4 Å². The number of rotatable bonds is 4. The number of thiophene rings is 1. The lowest BCUT2D eigenvalue weighted by Crippen LogP contribution is -2.42. The van der Waals surface area contributed by atoms with Gasteiger partial charge in [0.25, 0.3) is 5.91 Å². The molecular formula is C17H19FN2O2S2. The number of thioether (sulfide) groups is 1. The Morgan fingerprint density at radius 1 is 1.08 bits per heavy atom. The van der Waals surface area contributed by atoms with Crippen LogP contribution >= 0.6 is 23.1 Å². The average Bonchev–Trinajstić information content (AvgIpc) is 3.00. The summed E-state index contributed by atoms with van der Waals surface area (Å²) >= 11 is 2.78. The molecule has 0 aliphatic heterocycles. The zero-order valence-corrected chi connectivity index (χ0v) is 15.3. The molecule has 1 heterocycles. The smallest absolute Gasteiger partial charge is 0.272 e. The van der Waals surface area contributed by atoms with Crippen LogP contribution in [0.4, 0.5) is 4.39 Å². The molecule has 0 bridgehead atoms. The van der Waals surface area contributed by atoms with Crippen LogP contribution in [0.3, 0.4) is 0 Å². The minimum atomic E-state index is -0.373. The van der Waals surface area contributed by atoms with Crippen LogP contribution in [0.5, 0.6) is 0 Å². The molecule has 1 aromatic carbocycles. The maximum absolute atomic E-state index is 12.9. The molecule has 0 atom stereocenters. The van der Waals surface area contributed by atoms with E-state index in [1.54, 1.807) is 24.3 Å². The first-order valence-electron chi connectivity index (χ1n) is 7.33. The summed E-state index contributed by atoms with van der Waals surface area (Å²) in [4.78, 5) is 25.1. The van der Waals surface area contributed by atoms with Crippen LogP contribution in [-0.2, 0) is 4.79 Å². The van der Waals surface area contributed by atoms with Gasteiger partial charge in [-0.3, -0.25) is 20.4 Å². The van der Waals surface area contributed by atoms with Gasteiger partial charge in [-0.15, -0.1) is 23.1 Å². The van der Waals surface area contributed by atoms with Crippen LogP contribution in [0.1, 0.15) is 30.4 Å². The third-order valence-corrected chi connectivity index (χ3v) is 5.32. The molecule has 0 aliphatic carbocycles. The van der Waals surface area contributed by atoms with Crippen molar-refractivity contribution in [1.82, 2.24) is 10.9 Å². The lowest BCUT2D eigenvalue weighted by atomic mass is 10.2. The molecule has 1 aromatic heterocycles. The standard InChI is InChI=1S/C17H19FN2O2S2/c1-17(2,3)23-10-15(21)19-20-16(22)14-9-8-13(24-14)11-4-6-12(18)7-5-11/h4-9H,10H2,1-3H3,(H,19,21)(H,20,22). The molecule has 7 heteroatoms. The van der Waals surface area contributed by atoms with Crippen molar-refractivity contribution in [2.45, 2.75) is 25.5 Å². The minimum Gasteiger partial charge on any atom is -0.272 e. The van der Waals surface area contributed by atoms with E-state index in [-0.39, 0.29) is 28.1 Å². The quantitative estimate of drug-likeness (QED) is 0.808. The van der Waals surface area contributed by atoms with Crippen LogP contribution in [0.15, 0.2) is 36.4 Å². The van der Waals surface area contributed by atoms with Crippen LogP contribution in [0, 0.1) is 5.82 Å². The van der Waals surface area contributed by atoms with Crippen molar-refractivity contribution in [2.24, 2.45) is 0 Å². The van der Waals surface area contributed by atoms with Gasteiger partial charge in [0, 0.05) is 9.62 Å². The number of hydrazine groups is 1. The van der Waals surface area contributed by atoms with Crippen molar-refractivity contribution in [3.05, 3.63) is 47.1 Å². The number of benzene rings is 1. The molecule has 128 valence electrons. The summed E-state index contributed by atoms with van der Waals surface area (Å²) in [5.74, 6) is -0.653. The van der Waals surface area contributed by atoms with E-state index < -0.39 is 0 Å². The Balaban J connectivity index is 1.89. The highest BCUT2D eigenvalue weighted by molar-refractivity contribution is 8.01. The third-order valence-electron chi connectivity index (χ3n) is 2.91. The molecule has 0 saturated carbocycles. The van der Waals surface area contributed by atoms with E-state index >= 15 is 0 Å². The van der Waals surface area contributed by atoms with Gasteiger partial charge in [0.15, 0.2) is 0 Å². The van der Waals surface area contributed by atoms with Crippen LogP contribution in [-0.4, -0.2) is 22.3 Å². The molecule has 0 fully saturated rings. The van der Waals surface area contributed by atoms with Crippen LogP contribution < -0.4 is 10.9 Å². The summed E-state index contributed by atoms with van der Waals surface area (Å²) < 4.78 is 12.9. The Hall–Kier alpha value is -1.86. The van der Waals surface area contributed by atoms with Gasteiger partial charge in [-0.2, -0.15) is 0 Å². The van der Waals surface area contributed by atoms with E-state index in [1.807, 2.05) is 20.8 Å². The second kappa shape index (κ2) is 7.81. The van der Waals surface area contributed by atoms with Crippen LogP contribution in [0.2, 0.25) is 0 Å². The highest BCUT2D eigenvalue weighted by Crippen LogP contribution is 2.28. The molecule has 0 spiro atoms. The fraction of sp³-hybridized carbons (Fsp3) is 0.294. The number of hydrogen-bond acceptors (Lipinski definition) is 4. The van der Waals surface area contributed by atoms with Crippen LogP contribution in [0.25, 0.3) is 10.4 Å². The third kappa shape index (κ3) is 5.65. The van der Waals surface area contributed by atoms with Crippen molar-refractivity contribution in [2.75, 3.05) is 5.75 Å². The predicted molar refractivity (Wildman–Crippen MR) is 97.5 cm³/mol. The number of hydrogen-bond donors (Lipinski definition) is 2. The Labute approximate surface area is 148 Å². The van der Waals surface area contributed by atoms with Gasteiger partial charge in [-0.25, -0.2) is 4.39 Å². The Bertz CT molecular complexity index is 721. The first kappa shape index (κ1) is 18.5. The van der Waals surface area contributed by atoms with Crippen molar-refractivity contribution in [1.29, 1.82) is 0 Å². The first-order chi connectivity index (χ1) is 11.2. The van der Waals surface area contributed by atoms with Gasteiger partial charge in [-0.05, 0) is 29.8 Å². The monoisotopic (exact) mass is 366 g/mol. The summed E-state index contributed by atoms with van der Waals surface area (Å²) in [5, 5.41) is 0. The number of carbonyl (C=O) groups excluding carboxylic acids is 2. The zero-order chi connectivity index (χ0) is 17.7. The van der Waals surface area contributed by atoms with Crippen molar-refractivity contribution >= 4 is 34.9 Å². The number of carbonyl (C=O) groups is 2. The van der Waals surface area contributed by atoms with Crippen molar-refractivity contribution in [3.63, 3.8) is 0 Å². The molecule has 0 saturated heterocycles. The molecule has 0 unspecified atom stereocenters. The normalized spacial score (nSPS) is 11.2. The van der Waals surface area contributed by atoms with E-state index in [9.17, 15) is 14.0 Å². The lowest BCUT2D eigenvalue weighted by Gasteiger charge is -2.16. The maximum atomic E-state index is 12.9. The number of halogens is 1. The lowest BCUT2D eigenvalue weighted by molar-refractivity contribution is -0.119. The molecule has 2 rings (SSSR count). The molecule has 0 radical (unpaired) electrons. The summed E-state index contributed by atoms with van der Waals surface area (Å²) in [7, 11) is 0. The van der Waals surface area contributed by atoms with E-state index in [4.69, 9.17) is 0 Å². The Kier molecular flexibility index (Phi) is 6.01. The molecule has 4 nitrogen and oxygen atoms in total. The summed E-state index contributed by atoms with van der Waals surface area (Å²) in [5.41, 5.74) is 5.65. The van der Waals surface area contributed by atoms with Gasteiger partial charge in [0.05, 0.1) is 10.6 Å². The highest BCUT2D eigenvalue weighted by atomic mass is 32.2. The molecule has 2 aromatic rings. The van der Waals surface area contributed by atoms with Gasteiger partial charge in [0.2, 0.25) is 5.91 Å². The largest absolute Gasteiger partial charge is 0.279 e. The second-order valence-corrected chi connectivity index (χ2v) is 8.96. The van der Waals surface area contributed by atoms with E-state index in [2.05, 4.69) is 10.9 Å². The maximum Gasteiger partial charge on any atom is 0.279 e. The molecular weight excluding hydrogens is 347 g/mol.